The molecule has 1 aromatic heterocycles. The van der Waals surface area contributed by atoms with E-state index >= 15 is 0 Å². The van der Waals surface area contributed by atoms with Crippen LogP contribution in [-0.4, -0.2) is 36.7 Å². The highest BCUT2D eigenvalue weighted by molar-refractivity contribution is 7.15. The second kappa shape index (κ2) is 11.3. The van der Waals surface area contributed by atoms with Gasteiger partial charge in [-0.3, -0.25) is 9.59 Å². The molecule has 0 saturated carbocycles. The van der Waals surface area contributed by atoms with Gasteiger partial charge in [-0.25, -0.2) is 9.37 Å². The summed E-state index contributed by atoms with van der Waals surface area (Å²) in [6, 6.07) is 8.28. The van der Waals surface area contributed by atoms with Gasteiger partial charge in [0, 0.05) is 41.7 Å². The van der Waals surface area contributed by atoms with E-state index < -0.39 is 58.4 Å². The van der Waals surface area contributed by atoms with E-state index in [4.69, 9.17) is 4.74 Å². The summed E-state index contributed by atoms with van der Waals surface area (Å²) in [6.07, 6.45) is -8.40. The van der Waals surface area contributed by atoms with Crippen LogP contribution in [0.4, 0.5) is 37.7 Å². The largest absolute Gasteiger partial charge is 0.586 e. The lowest BCUT2D eigenvalue weighted by atomic mass is 10.1. The Morgan fingerprint density at radius 3 is 2.44 bits per heavy atom. The van der Waals surface area contributed by atoms with Gasteiger partial charge in [0.05, 0.1) is 35.2 Å². The molecule has 0 bridgehead atoms. The predicted octanol–water partition coefficient (Wildman–Crippen LogP) is 6.45. The Balaban J connectivity index is 1.34. The van der Waals surface area contributed by atoms with Crippen molar-refractivity contribution in [1.29, 1.82) is 0 Å². The van der Waals surface area contributed by atoms with Gasteiger partial charge in [-0.2, -0.15) is 13.2 Å². The number of carbonyl (C=O) groups is 2. The number of benzene rings is 3. The Morgan fingerprint density at radius 2 is 1.73 bits per heavy atom. The van der Waals surface area contributed by atoms with Crippen molar-refractivity contribution in [1.82, 2.24) is 10.3 Å². The summed E-state index contributed by atoms with van der Waals surface area (Å²) in [5.74, 6) is -4.46. The molecule has 3 aromatic carbocycles. The third-order valence-corrected chi connectivity index (χ3v) is 8.00. The minimum absolute atomic E-state index is 0.00371. The zero-order valence-corrected chi connectivity index (χ0v) is 23.7. The maximum atomic E-state index is 13.9. The molecule has 2 aliphatic heterocycles. The van der Waals surface area contributed by atoms with Crippen LogP contribution in [0.25, 0.3) is 10.6 Å². The number of carbonyl (C=O) groups excluding carboxylic acids is 2. The maximum absolute atomic E-state index is 13.9. The molecule has 0 unspecified atom stereocenters. The third-order valence-electron chi connectivity index (χ3n) is 6.86. The van der Waals surface area contributed by atoms with Gasteiger partial charge in [-0.1, -0.05) is 0 Å². The monoisotopic (exact) mass is 650 g/mol. The second-order valence-electron chi connectivity index (χ2n) is 9.84. The van der Waals surface area contributed by atoms with Crippen molar-refractivity contribution in [3.8, 4) is 27.8 Å². The number of anilines is 2. The van der Waals surface area contributed by atoms with Crippen LogP contribution in [-0.2, 0) is 19.1 Å². The van der Waals surface area contributed by atoms with Crippen molar-refractivity contribution in [3.05, 3.63) is 81.6 Å². The number of nitrogens with zero attached hydrogens (tertiary/aromatic N) is 1. The smallest absolute Gasteiger partial charge is 0.496 e. The molecule has 2 aliphatic rings. The number of halogens is 6. The van der Waals surface area contributed by atoms with Crippen LogP contribution in [0.1, 0.15) is 36.9 Å². The molecular weight excluding hydrogens is 630 g/mol. The molecular formula is C29H20F6N4O5S. The quantitative estimate of drug-likeness (QED) is 0.206. The number of ether oxygens (including phenoxy) is 3. The summed E-state index contributed by atoms with van der Waals surface area (Å²) in [4.78, 5) is 32.6. The number of hydrogen-bond donors (Lipinski definition) is 3. The topological polar surface area (TPSA) is 111 Å². The molecule has 234 valence electrons. The summed E-state index contributed by atoms with van der Waals surface area (Å²) in [5.41, 5.74) is -1.36. The molecule has 0 aliphatic carbocycles. The molecule has 2 amide bonds. The van der Waals surface area contributed by atoms with Gasteiger partial charge in [0.15, 0.2) is 11.5 Å². The fraction of sp³-hybridized carbons (Fsp3) is 0.207. The Kier molecular flexibility index (Phi) is 7.56. The molecule has 16 heteroatoms. The van der Waals surface area contributed by atoms with Gasteiger partial charge >= 0.3 is 12.5 Å². The minimum atomic E-state index is -5.06. The van der Waals surface area contributed by atoms with Crippen LogP contribution in [0.3, 0.4) is 0 Å². The molecule has 0 spiro atoms. The molecule has 9 nitrogen and oxygen atoms in total. The van der Waals surface area contributed by atoms with E-state index in [0.29, 0.717) is 29.2 Å². The predicted molar refractivity (Wildman–Crippen MR) is 149 cm³/mol. The summed E-state index contributed by atoms with van der Waals surface area (Å²) in [7, 11) is 1.33. The number of nitrogens with one attached hydrogen (secondary N) is 3. The number of fused-ring (bicyclic) bond motifs is 2. The van der Waals surface area contributed by atoms with Gasteiger partial charge in [0.2, 0.25) is 0 Å². The van der Waals surface area contributed by atoms with E-state index in [1.807, 2.05) is 0 Å². The zero-order valence-electron chi connectivity index (χ0n) is 22.9. The minimum Gasteiger partial charge on any atom is -0.496 e. The van der Waals surface area contributed by atoms with E-state index in [1.54, 1.807) is 12.1 Å². The number of rotatable bonds is 6. The molecule has 0 radical (unpaired) electrons. The first-order chi connectivity index (χ1) is 21.3. The van der Waals surface area contributed by atoms with E-state index in [0.717, 1.165) is 41.7 Å². The van der Waals surface area contributed by atoms with Crippen molar-refractivity contribution in [3.63, 3.8) is 0 Å². The maximum Gasteiger partial charge on any atom is 0.586 e. The van der Waals surface area contributed by atoms with E-state index in [9.17, 15) is 35.9 Å². The van der Waals surface area contributed by atoms with Crippen LogP contribution in [0, 0.1) is 5.82 Å². The first-order valence-electron chi connectivity index (χ1n) is 13.1. The van der Waals surface area contributed by atoms with Gasteiger partial charge in [0.1, 0.15) is 16.6 Å². The first-order valence-corrected chi connectivity index (χ1v) is 13.9. The summed E-state index contributed by atoms with van der Waals surface area (Å²) >= 11 is 1.46. The SMILES string of the molecule is COc1ccc(-c2nc3c(s2)CNCC3)cc1C(=O)Nc1cc2c(cc1C(=O)Nc1ccc(F)c(C(F)(F)F)c1)OC(F)(F)O2. The van der Waals surface area contributed by atoms with Gasteiger partial charge in [-0.15, -0.1) is 20.1 Å². The van der Waals surface area contributed by atoms with Crippen molar-refractivity contribution in [2.75, 3.05) is 24.3 Å². The van der Waals surface area contributed by atoms with E-state index in [1.165, 1.54) is 24.5 Å². The van der Waals surface area contributed by atoms with Crippen LogP contribution in [0.15, 0.2) is 48.5 Å². The van der Waals surface area contributed by atoms with Gasteiger partial charge in [-0.05, 0) is 42.5 Å². The molecule has 0 saturated heterocycles. The van der Waals surface area contributed by atoms with Gasteiger partial charge < -0.3 is 30.2 Å². The Labute approximate surface area is 254 Å². The van der Waals surface area contributed by atoms with Crippen LogP contribution >= 0.6 is 11.3 Å². The number of thiazole rings is 1. The molecule has 0 atom stereocenters. The fourth-order valence-electron chi connectivity index (χ4n) is 4.76. The molecule has 4 aromatic rings. The zero-order chi connectivity index (χ0) is 32.1. The molecule has 6 rings (SSSR count). The second-order valence-corrected chi connectivity index (χ2v) is 10.9. The fourth-order valence-corrected chi connectivity index (χ4v) is 5.84. The Morgan fingerprint density at radius 1 is 1.00 bits per heavy atom. The molecule has 0 fully saturated rings. The number of aromatic nitrogens is 1. The highest BCUT2D eigenvalue weighted by Gasteiger charge is 2.44. The lowest BCUT2D eigenvalue weighted by Crippen LogP contribution is -2.25. The van der Waals surface area contributed by atoms with E-state index in [2.05, 4.69) is 30.4 Å². The Bertz CT molecular complexity index is 1820. The molecule has 3 N–H and O–H groups in total. The van der Waals surface area contributed by atoms with Crippen molar-refractivity contribution < 1.29 is 50.1 Å². The van der Waals surface area contributed by atoms with Gasteiger partial charge in [0.25, 0.3) is 11.8 Å². The number of amides is 2. The Hall–Kier alpha value is -4.83. The third kappa shape index (κ3) is 6.10. The normalized spacial score (nSPS) is 14.9. The number of hydrogen-bond acceptors (Lipinski definition) is 8. The van der Waals surface area contributed by atoms with E-state index in [-0.39, 0.29) is 17.0 Å². The number of alkyl halides is 5. The summed E-state index contributed by atoms with van der Waals surface area (Å²) in [6.45, 7) is 1.45. The molecule has 45 heavy (non-hydrogen) atoms. The van der Waals surface area contributed by atoms with Crippen molar-refractivity contribution in [2.45, 2.75) is 25.4 Å². The number of methoxy groups -OCH3 is 1. The highest BCUT2D eigenvalue weighted by Crippen LogP contribution is 2.44. The summed E-state index contributed by atoms with van der Waals surface area (Å²) < 4.78 is 95.4. The lowest BCUT2D eigenvalue weighted by Gasteiger charge is -2.15. The van der Waals surface area contributed by atoms with Crippen LogP contribution < -0.4 is 30.2 Å². The average molecular weight is 651 g/mol. The van der Waals surface area contributed by atoms with Crippen LogP contribution in [0.2, 0.25) is 0 Å². The first kappa shape index (κ1) is 30.2. The average Bonchev–Trinajstić information content (AvgIpc) is 3.55. The lowest BCUT2D eigenvalue weighted by molar-refractivity contribution is -0.286. The van der Waals surface area contributed by atoms with Crippen LogP contribution in [0.5, 0.6) is 17.2 Å². The van der Waals surface area contributed by atoms with Crippen molar-refractivity contribution in [2.24, 2.45) is 0 Å². The highest BCUT2D eigenvalue weighted by atomic mass is 32.1. The van der Waals surface area contributed by atoms with Crippen molar-refractivity contribution >= 4 is 34.5 Å². The standard InChI is InChI=1S/C29H20F6N4O5S/c1-42-21-5-2-13(27-39-19-6-7-36-12-24(19)45-27)8-16(21)26(41)38-20-11-23-22(43-29(34,35)44-23)10-15(20)25(40)37-14-3-4-18(30)17(9-14)28(31,32)33/h2-5,8-11,36H,6-7,12H2,1H3,(H,37,40)(H,38,41). The summed E-state index contributed by atoms with van der Waals surface area (Å²) in [5, 5.41) is 8.55. The molecule has 3 heterocycles.